The highest BCUT2D eigenvalue weighted by Crippen LogP contribution is 2.35. The maximum absolute atomic E-state index is 15.0. The van der Waals surface area contributed by atoms with Crippen molar-refractivity contribution in [3.05, 3.63) is 51.5 Å². The summed E-state index contributed by atoms with van der Waals surface area (Å²) in [5.74, 6) is -11.2. The number of alkyl halides is 2. The van der Waals surface area contributed by atoms with Gasteiger partial charge >= 0.3 is 5.92 Å². The van der Waals surface area contributed by atoms with Crippen molar-refractivity contribution in [2.75, 3.05) is 0 Å². The molecule has 3 unspecified atom stereocenters. The van der Waals surface area contributed by atoms with E-state index in [9.17, 15) is 28.0 Å². The summed E-state index contributed by atoms with van der Waals surface area (Å²) >= 11 is 5.73. The number of nitrogens with zero attached hydrogens (tertiary/aromatic N) is 2. The van der Waals surface area contributed by atoms with E-state index in [1.54, 1.807) is 0 Å². The lowest BCUT2D eigenvalue weighted by molar-refractivity contribution is -0.154. The molecule has 0 aliphatic carbocycles. The molecule has 38 heavy (non-hydrogen) atoms. The Morgan fingerprint density at radius 3 is 2.29 bits per heavy atom. The number of hydrogen-bond donors (Lipinski definition) is 1. The summed E-state index contributed by atoms with van der Waals surface area (Å²) < 4.78 is 29.9. The highest BCUT2D eigenvalue weighted by Gasteiger charge is 2.46. The quantitative estimate of drug-likeness (QED) is 0.366. The van der Waals surface area contributed by atoms with Gasteiger partial charge < -0.3 is 9.71 Å². The van der Waals surface area contributed by atoms with E-state index in [1.165, 1.54) is 12.1 Å². The molecule has 4 rings (SSSR count). The van der Waals surface area contributed by atoms with E-state index in [1.807, 2.05) is 0 Å². The molecule has 0 aromatic heterocycles. The molecule has 0 saturated carbocycles. The summed E-state index contributed by atoms with van der Waals surface area (Å²) in [6.07, 6.45) is -0.0524. The van der Waals surface area contributed by atoms with Crippen LogP contribution in [0.5, 0.6) is 0 Å². The molecule has 4 amide bonds. The van der Waals surface area contributed by atoms with Gasteiger partial charge in [0, 0.05) is 34.5 Å². The maximum atomic E-state index is 15.0. The van der Waals surface area contributed by atoms with Crippen molar-refractivity contribution in [3.63, 3.8) is 0 Å². The lowest BCUT2D eigenvalue weighted by Crippen LogP contribution is -2.53. The summed E-state index contributed by atoms with van der Waals surface area (Å²) in [6, 6.07) is 3.12. The van der Waals surface area contributed by atoms with Crippen molar-refractivity contribution in [2.45, 2.75) is 36.7 Å². The Balaban J connectivity index is 1.72. The number of piperidine rings is 1. The molecule has 1 N–H and O–H groups in total. The largest absolute Gasteiger partial charge is 0.393 e. The van der Waals surface area contributed by atoms with Crippen LogP contribution in [0, 0.1) is 0 Å². The number of amides is 4. The zero-order valence-electron chi connectivity index (χ0n) is 19.6. The van der Waals surface area contributed by atoms with Gasteiger partial charge in [-0.1, -0.05) is 45.7 Å². The second-order valence-electron chi connectivity index (χ2n) is 8.81. The van der Waals surface area contributed by atoms with Crippen molar-refractivity contribution >= 4 is 98.8 Å². The first-order chi connectivity index (χ1) is 17.7. The maximum Gasteiger partial charge on any atom is 0.348 e. The van der Waals surface area contributed by atoms with Gasteiger partial charge in [0.1, 0.15) is 45.3 Å². The molecule has 0 bridgehead atoms. The number of rotatable bonds is 5. The molecule has 12 radical (unpaired) electrons. The average Bonchev–Trinajstić information content (AvgIpc) is 3.12. The normalized spacial score (nSPS) is 20.2. The van der Waals surface area contributed by atoms with Gasteiger partial charge in [0.05, 0.1) is 0 Å². The first kappa shape index (κ1) is 28.1. The first-order valence-electron chi connectivity index (χ1n) is 11.1. The highest BCUT2D eigenvalue weighted by atomic mass is 35.5. The summed E-state index contributed by atoms with van der Waals surface area (Å²) in [7, 11) is 36.5. The number of hydrogen-bond acceptors (Lipinski definition) is 4. The Labute approximate surface area is 229 Å². The van der Waals surface area contributed by atoms with Crippen molar-refractivity contribution in [2.24, 2.45) is 0 Å². The van der Waals surface area contributed by atoms with Crippen LogP contribution < -0.4 is 21.7 Å². The Morgan fingerprint density at radius 2 is 1.71 bits per heavy atom. The van der Waals surface area contributed by atoms with Crippen LogP contribution in [0.2, 0.25) is 5.02 Å². The third kappa shape index (κ3) is 4.38. The predicted molar refractivity (Wildman–Crippen MR) is 140 cm³/mol. The van der Waals surface area contributed by atoms with Crippen LogP contribution in [0.3, 0.4) is 0 Å². The molecule has 178 valence electrons. The van der Waals surface area contributed by atoms with Crippen LogP contribution in [-0.2, 0) is 20.3 Å². The Kier molecular flexibility index (Phi) is 7.38. The van der Waals surface area contributed by atoms with Gasteiger partial charge in [0.15, 0.2) is 0 Å². The minimum atomic E-state index is -4.11. The van der Waals surface area contributed by atoms with Crippen LogP contribution in [0.4, 0.5) is 8.78 Å². The van der Waals surface area contributed by atoms with E-state index in [4.69, 9.17) is 58.8 Å². The molecule has 2 aromatic carbocycles. The summed E-state index contributed by atoms with van der Waals surface area (Å²) in [4.78, 5) is 51.0. The van der Waals surface area contributed by atoms with Crippen LogP contribution in [0.25, 0.3) is 0 Å². The standard InChI is InChI=1S/C22H12B6ClF2N3O4/c23-14-11-12(20(37)33(17(11)26)9-5-6-10(35)32-19(9)36)15(24)16(25)13(14)18(27)34(28)21(38)22(30,31)7-1-3-8(29)4-2-7/h1-4,9,17-18H,5-6H2,(H,32,35,36). The van der Waals surface area contributed by atoms with Crippen LogP contribution in [0.1, 0.15) is 51.8 Å². The highest BCUT2D eigenvalue weighted by molar-refractivity contribution is 6.55. The van der Waals surface area contributed by atoms with Gasteiger partial charge in [0.25, 0.3) is 11.8 Å². The Hall–Kier alpha value is -2.94. The zero-order valence-corrected chi connectivity index (χ0v) is 20.3. The third-order valence-electron chi connectivity index (χ3n) is 6.59. The lowest BCUT2D eigenvalue weighted by Gasteiger charge is -2.35. The molecule has 2 heterocycles. The van der Waals surface area contributed by atoms with Crippen LogP contribution in [0.15, 0.2) is 24.3 Å². The molecule has 1 fully saturated rings. The van der Waals surface area contributed by atoms with Crippen molar-refractivity contribution < 1.29 is 28.0 Å². The number of carbonyl (C=O) groups excluding carboxylic acids is 4. The molecule has 1 saturated heterocycles. The van der Waals surface area contributed by atoms with Crippen molar-refractivity contribution in [1.82, 2.24) is 15.0 Å². The number of nitrogens with one attached hydrogen (secondary N) is 1. The number of imide groups is 1. The van der Waals surface area contributed by atoms with E-state index in [0.717, 1.165) is 17.0 Å². The van der Waals surface area contributed by atoms with Gasteiger partial charge in [-0.25, -0.2) is 0 Å². The van der Waals surface area contributed by atoms with Gasteiger partial charge in [-0.3, -0.25) is 24.5 Å². The van der Waals surface area contributed by atoms with Crippen LogP contribution in [-0.4, -0.2) is 86.6 Å². The van der Waals surface area contributed by atoms with E-state index in [0.29, 0.717) is 0 Å². The minimum Gasteiger partial charge on any atom is -0.393 e. The summed E-state index contributed by atoms with van der Waals surface area (Å²) in [5.41, 5.74) is -2.38. The number of halogens is 3. The summed E-state index contributed by atoms with van der Waals surface area (Å²) in [6.45, 7) is 0. The SMILES string of the molecule is [B]c1c([B])c(C([B])N([B])C(=O)C(F)(F)c2ccc(Cl)cc2)c([B])c2c1C(=O)N(C1CCC(=O)NC1=O)C2[B]. The Morgan fingerprint density at radius 1 is 1.11 bits per heavy atom. The van der Waals surface area contributed by atoms with Gasteiger partial charge in [0.2, 0.25) is 19.8 Å². The number of carbonyl (C=O) groups is 4. The van der Waals surface area contributed by atoms with Crippen molar-refractivity contribution in [1.29, 1.82) is 0 Å². The second-order valence-corrected chi connectivity index (χ2v) is 9.24. The monoisotopic (exact) mass is 521 g/mol. The third-order valence-corrected chi connectivity index (χ3v) is 6.85. The van der Waals surface area contributed by atoms with Gasteiger partial charge in [-0.15, -0.1) is 0 Å². The van der Waals surface area contributed by atoms with E-state index >= 15 is 0 Å². The minimum absolute atomic E-state index is 0.00931. The fourth-order valence-corrected chi connectivity index (χ4v) is 4.72. The number of benzene rings is 2. The lowest BCUT2D eigenvalue weighted by atomic mass is 9.62. The molecule has 16 heteroatoms. The second kappa shape index (κ2) is 9.98. The van der Waals surface area contributed by atoms with E-state index in [-0.39, 0.29) is 50.3 Å². The summed E-state index contributed by atoms with van der Waals surface area (Å²) in [5, 5.41) is 2.30. The van der Waals surface area contributed by atoms with E-state index < -0.39 is 58.5 Å². The fourth-order valence-electron chi connectivity index (χ4n) is 4.59. The molecular formula is C22H12B6ClF2N3O4. The molecule has 3 atom stereocenters. The predicted octanol–water partition coefficient (Wildman–Crippen LogP) is -1.98. The average molecular weight is 521 g/mol. The fraction of sp³-hybridized carbons (Fsp3) is 0.273. The van der Waals surface area contributed by atoms with Crippen molar-refractivity contribution in [3.8, 4) is 0 Å². The molecule has 2 aliphatic rings. The molecule has 0 spiro atoms. The van der Waals surface area contributed by atoms with Gasteiger partial charge in [-0.2, -0.15) is 8.78 Å². The van der Waals surface area contributed by atoms with E-state index in [2.05, 4.69) is 5.32 Å². The Bertz CT molecular complexity index is 1380. The smallest absolute Gasteiger partial charge is 0.348 e. The van der Waals surface area contributed by atoms with Gasteiger partial charge in [-0.05, 0) is 24.1 Å². The topological polar surface area (TPSA) is 86.8 Å². The number of fused-ring (bicyclic) bond motifs is 1. The molecule has 7 nitrogen and oxygen atoms in total. The zero-order chi connectivity index (χ0) is 28.3. The molecule has 2 aromatic rings. The molecular weight excluding hydrogens is 509 g/mol. The molecule has 2 aliphatic heterocycles. The van der Waals surface area contributed by atoms with Crippen LogP contribution >= 0.6 is 11.6 Å². The first-order valence-corrected chi connectivity index (χ1v) is 11.5.